The van der Waals surface area contributed by atoms with Crippen molar-refractivity contribution in [2.75, 3.05) is 11.9 Å². The van der Waals surface area contributed by atoms with E-state index in [0.717, 1.165) is 30.1 Å². The van der Waals surface area contributed by atoms with Gasteiger partial charge in [-0.05, 0) is 36.7 Å². The van der Waals surface area contributed by atoms with Gasteiger partial charge in [0.15, 0.2) is 5.16 Å². The molecule has 0 spiro atoms. The van der Waals surface area contributed by atoms with Gasteiger partial charge in [0.2, 0.25) is 0 Å². The van der Waals surface area contributed by atoms with Crippen LogP contribution in [0.1, 0.15) is 26.7 Å². The summed E-state index contributed by atoms with van der Waals surface area (Å²) in [6, 6.07) is 3.88. The van der Waals surface area contributed by atoms with E-state index in [9.17, 15) is 4.79 Å². The van der Waals surface area contributed by atoms with E-state index in [1.807, 2.05) is 19.1 Å². The lowest BCUT2D eigenvalue weighted by Gasteiger charge is -2.06. The Morgan fingerprint density at radius 1 is 1.40 bits per heavy atom. The molecule has 7 heteroatoms. The molecule has 0 bridgehead atoms. The van der Waals surface area contributed by atoms with Crippen LogP contribution in [0.3, 0.4) is 0 Å². The molecule has 2 aromatic heterocycles. The second-order valence-electron chi connectivity index (χ2n) is 4.37. The fraction of sp³-hybridized carbons (Fsp3) is 0.462. The van der Waals surface area contributed by atoms with E-state index >= 15 is 0 Å². The number of hydrogen-bond donors (Lipinski definition) is 2. The summed E-state index contributed by atoms with van der Waals surface area (Å²) in [6.45, 7) is 5.71. The SMILES string of the molecule is CCCNc1cc(Sc2n[nH]c(=O)n2CCC)ccn1. The maximum absolute atomic E-state index is 11.6. The highest BCUT2D eigenvalue weighted by Crippen LogP contribution is 2.26. The molecule has 0 aliphatic carbocycles. The Labute approximate surface area is 122 Å². The molecule has 0 radical (unpaired) electrons. The smallest absolute Gasteiger partial charge is 0.343 e. The number of nitrogens with one attached hydrogen (secondary N) is 2. The van der Waals surface area contributed by atoms with Crippen molar-refractivity contribution < 1.29 is 0 Å². The zero-order valence-electron chi connectivity index (χ0n) is 11.7. The standard InChI is InChI=1S/C13H19N5OS/c1-3-6-14-11-9-10(5-7-15-11)20-13-17-16-12(19)18(13)8-4-2/h5,7,9H,3-4,6,8H2,1-2H3,(H,14,15)(H,16,19). The molecule has 6 nitrogen and oxygen atoms in total. The van der Waals surface area contributed by atoms with Gasteiger partial charge in [0.25, 0.3) is 0 Å². The molecule has 0 unspecified atom stereocenters. The van der Waals surface area contributed by atoms with Crippen molar-refractivity contribution in [3.63, 3.8) is 0 Å². The molecular formula is C13H19N5OS. The highest BCUT2D eigenvalue weighted by atomic mass is 32.2. The van der Waals surface area contributed by atoms with Gasteiger partial charge >= 0.3 is 5.69 Å². The summed E-state index contributed by atoms with van der Waals surface area (Å²) < 4.78 is 1.66. The molecule has 0 atom stereocenters. The molecule has 2 rings (SSSR count). The van der Waals surface area contributed by atoms with Gasteiger partial charge in [0.05, 0.1) is 0 Å². The molecule has 0 aromatic carbocycles. The van der Waals surface area contributed by atoms with Gasteiger partial charge in [-0.1, -0.05) is 13.8 Å². The number of aromatic nitrogens is 4. The number of nitrogens with zero attached hydrogens (tertiary/aromatic N) is 3. The Morgan fingerprint density at radius 2 is 2.25 bits per heavy atom. The number of aromatic amines is 1. The number of hydrogen-bond acceptors (Lipinski definition) is 5. The normalized spacial score (nSPS) is 10.7. The molecule has 2 aromatic rings. The fourth-order valence-electron chi connectivity index (χ4n) is 1.73. The predicted octanol–water partition coefficient (Wildman–Crippen LogP) is 2.35. The van der Waals surface area contributed by atoms with Gasteiger partial charge in [-0.15, -0.1) is 5.10 Å². The van der Waals surface area contributed by atoms with Gasteiger partial charge in [0, 0.05) is 24.2 Å². The van der Waals surface area contributed by atoms with Gasteiger partial charge in [-0.3, -0.25) is 4.57 Å². The van der Waals surface area contributed by atoms with Gasteiger partial charge < -0.3 is 5.32 Å². The van der Waals surface area contributed by atoms with Gasteiger partial charge in [-0.25, -0.2) is 14.9 Å². The van der Waals surface area contributed by atoms with Crippen molar-refractivity contribution in [3.8, 4) is 0 Å². The van der Waals surface area contributed by atoms with Crippen molar-refractivity contribution in [1.82, 2.24) is 19.7 Å². The van der Waals surface area contributed by atoms with Crippen molar-refractivity contribution in [3.05, 3.63) is 28.8 Å². The minimum absolute atomic E-state index is 0.160. The minimum atomic E-state index is -0.160. The molecule has 0 amide bonds. The summed E-state index contributed by atoms with van der Waals surface area (Å²) >= 11 is 1.46. The topological polar surface area (TPSA) is 75.6 Å². The minimum Gasteiger partial charge on any atom is -0.370 e. The Hall–Kier alpha value is -1.76. The monoisotopic (exact) mass is 293 g/mol. The average molecular weight is 293 g/mol. The van der Waals surface area contributed by atoms with Crippen LogP contribution in [0.4, 0.5) is 5.82 Å². The Kier molecular flexibility index (Phi) is 5.23. The van der Waals surface area contributed by atoms with Crippen LogP contribution in [0.5, 0.6) is 0 Å². The van der Waals surface area contributed by atoms with E-state index in [2.05, 4.69) is 27.4 Å². The Balaban J connectivity index is 2.15. The van der Waals surface area contributed by atoms with E-state index in [4.69, 9.17) is 0 Å². The number of anilines is 1. The quantitative estimate of drug-likeness (QED) is 0.819. The largest absolute Gasteiger partial charge is 0.370 e. The number of H-pyrrole nitrogens is 1. The zero-order chi connectivity index (χ0) is 14.4. The highest BCUT2D eigenvalue weighted by molar-refractivity contribution is 7.99. The molecule has 0 aliphatic rings. The number of pyridine rings is 1. The van der Waals surface area contributed by atoms with Crippen molar-refractivity contribution >= 4 is 17.6 Å². The number of rotatable bonds is 7. The van der Waals surface area contributed by atoms with E-state index in [0.29, 0.717) is 11.7 Å². The Morgan fingerprint density at radius 3 is 3.00 bits per heavy atom. The predicted molar refractivity (Wildman–Crippen MR) is 80.3 cm³/mol. The van der Waals surface area contributed by atoms with Crippen LogP contribution in [-0.2, 0) is 6.54 Å². The van der Waals surface area contributed by atoms with Crippen LogP contribution >= 0.6 is 11.8 Å². The molecule has 2 N–H and O–H groups in total. The van der Waals surface area contributed by atoms with Crippen molar-refractivity contribution in [2.24, 2.45) is 0 Å². The maximum Gasteiger partial charge on any atom is 0.343 e. The van der Waals surface area contributed by atoms with Crippen molar-refractivity contribution in [2.45, 2.75) is 43.3 Å². The molecular weight excluding hydrogens is 274 g/mol. The first-order valence-electron chi connectivity index (χ1n) is 6.77. The maximum atomic E-state index is 11.6. The van der Waals surface area contributed by atoms with Crippen LogP contribution in [0.2, 0.25) is 0 Å². The first-order chi connectivity index (χ1) is 9.74. The summed E-state index contributed by atoms with van der Waals surface area (Å²) in [5.74, 6) is 0.844. The molecule has 0 saturated heterocycles. The van der Waals surface area contributed by atoms with E-state index in [1.54, 1.807) is 10.8 Å². The van der Waals surface area contributed by atoms with Crippen molar-refractivity contribution in [1.29, 1.82) is 0 Å². The van der Waals surface area contributed by atoms with Crippen LogP contribution in [0, 0.1) is 0 Å². The first-order valence-corrected chi connectivity index (χ1v) is 7.59. The van der Waals surface area contributed by atoms with E-state index in [-0.39, 0.29) is 5.69 Å². The average Bonchev–Trinajstić information content (AvgIpc) is 2.79. The molecule has 20 heavy (non-hydrogen) atoms. The van der Waals surface area contributed by atoms with Gasteiger partial charge in [-0.2, -0.15) is 0 Å². The Bertz CT molecular complexity index is 607. The van der Waals surface area contributed by atoms with Crippen LogP contribution in [0.15, 0.2) is 33.2 Å². The second-order valence-corrected chi connectivity index (χ2v) is 5.41. The molecule has 0 saturated carbocycles. The van der Waals surface area contributed by atoms with Crippen LogP contribution < -0.4 is 11.0 Å². The summed E-state index contributed by atoms with van der Waals surface area (Å²) in [4.78, 5) is 16.9. The summed E-state index contributed by atoms with van der Waals surface area (Å²) in [7, 11) is 0. The van der Waals surface area contributed by atoms with E-state index in [1.165, 1.54) is 11.8 Å². The third-order valence-corrected chi connectivity index (χ3v) is 3.65. The van der Waals surface area contributed by atoms with E-state index < -0.39 is 0 Å². The molecule has 0 fully saturated rings. The highest BCUT2D eigenvalue weighted by Gasteiger charge is 2.09. The van der Waals surface area contributed by atoms with Gasteiger partial charge in [0.1, 0.15) is 5.82 Å². The molecule has 2 heterocycles. The third kappa shape index (κ3) is 3.63. The van der Waals surface area contributed by atoms with Crippen LogP contribution in [0.25, 0.3) is 0 Å². The van der Waals surface area contributed by atoms with Crippen LogP contribution in [-0.4, -0.2) is 26.3 Å². The summed E-state index contributed by atoms with van der Waals surface area (Å²) in [5, 5.41) is 10.5. The lowest BCUT2D eigenvalue weighted by molar-refractivity contribution is 0.604. The second kappa shape index (κ2) is 7.14. The first kappa shape index (κ1) is 14.6. The third-order valence-electron chi connectivity index (χ3n) is 2.67. The lowest BCUT2D eigenvalue weighted by Crippen LogP contribution is -2.17. The fourth-order valence-corrected chi connectivity index (χ4v) is 2.62. The summed E-state index contributed by atoms with van der Waals surface area (Å²) in [5.41, 5.74) is -0.160. The molecule has 108 valence electrons. The molecule has 0 aliphatic heterocycles. The lowest BCUT2D eigenvalue weighted by atomic mass is 10.4. The summed E-state index contributed by atoms with van der Waals surface area (Å²) in [6.07, 6.45) is 3.70. The zero-order valence-corrected chi connectivity index (χ0v) is 12.5.